The summed E-state index contributed by atoms with van der Waals surface area (Å²) in [6.07, 6.45) is 4.27. The zero-order valence-electron chi connectivity index (χ0n) is 12.7. The third-order valence-electron chi connectivity index (χ3n) is 3.39. The van der Waals surface area contributed by atoms with Gasteiger partial charge in [-0.25, -0.2) is 4.98 Å². The number of aromatic nitrogens is 1. The third-order valence-corrected chi connectivity index (χ3v) is 3.39. The van der Waals surface area contributed by atoms with E-state index in [1.165, 1.54) is 20.0 Å². The molecular weight excluding hydrogens is 327 g/mol. The van der Waals surface area contributed by atoms with E-state index < -0.39 is 6.04 Å². The van der Waals surface area contributed by atoms with Gasteiger partial charge in [0.1, 0.15) is 11.9 Å². The minimum absolute atomic E-state index is 0. The number of amides is 1. The maximum absolute atomic E-state index is 11.6. The first kappa shape index (κ1) is 20.9. The third kappa shape index (κ3) is 5.96. The molecule has 8 heteroatoms. The highest BCUT2D eigenvalue weighted by Crippen LogP contribution is 2.17. The highest BCUT2D eigenvalue weighted by Gasteiger charge is 2.14. The number of anilines is 1. The van der Waals surface area contributed by atoms with E-state index in [1.807, 2.05) is 12.1 Å². The number of carbonyl (C=O) groups excluding carboxylic acids is 1. The normalized spacial score (nSPS) is 14.7. The summed E-state index contributed by atoms with van der Waals surface area (Å²) < 4.78 is 4.85. The van der Waals surface area contributed by atoms with Crippen LogP contribution in [0.3, 0.4) is 0 Å². The number of rotatable bonds is 6. The van der Waals surface area contributed by atoms with Crippen LogP contribution in [0.2, 0.25) is 0 Å². The smallest absolute Gasteiger partial charge is 0.239 e. The Morgan fingerprint density at radius 2 is 2.09 bits per heavy atom. The second-order valence-electron chi connectivity index (χ2n) is 5.00. The maximum Gasteiger partial charge on any atom is 0.239 e. The summed E-state index contributed by atoms with van der Waals surface area (Å²) in [4.78, 5) is 18.4. The molecule has 1 aliphatic rings. The number of halogens is 2. The zero-order chi connectivity index (χ0) is 14.4. The predicted octanol–water partition coefficient (Wildman–Crippen LogP) is 1.12. The number of nitrogens with zero attached hydrogens (tertiary/aromatic N) is 2. The number of nitrogens with one attached hydrogen (secondary N) is 1. The van der Waals surface area contributed by atoms with Crippen molar-refractivity contribution >= 4 is 36.5 Å². The topological polar surface area (TPSA) is 80.5 Å². The summed E-state index contributed by atoms with van der Waals surface area (Å²) in [6.45, 7) is 2.81. The number of carbonyl (C=O) groups is 1. The monoisotopic (exact) mass is 350 g/mol. The molecule has 0 bridgehead atoms. The Morgan fingerprint density at radius 1 is 1.41 bits per heavy atom. The second-order valence-corrected chi connectivity index (χ2v) is 5.00. The van der Waals surface area contributed by atoms with Crippen molar-refractivity contribution in [2.75, 3.05) is 31.7 Å². The standard InChI is InChI=1S/C14H22N4O2.2ClH/c1-20-10-12(15)14(19)17-9-11-4-5-13(16-8-11)18-6-2-3-7-18;;/h4-5,8,12H,2-3,6-7,9-10,15H2,1H3,(H,17,19);2*1H. The molecule has 22 heavy (non-hydrogen) atoms. The molecule has 126 valence electrons. The van der Waals surface area contributed by atoms with Gasteiger partial charge in [0.15, 0.2) is 0 Å². The Bertz CT molecular complexity index is 439. The molecule has 3 N–H and O–H groups in total. The molecule has 1 amide bonds. The fraction of sp³-hybridized carbons (Fsp3) is 0.571. The SMILES string of the molecule is COCC(N)C(=O)NCc1ccc(N2CCCC2)nc1.Cl.Cl. The lowest BCUT2D eigenvalue weighted by molar-refractivity contribution is -0.123. The van der Waals surface area contributed by atoms with Crippen LogP contribution in [0.4, 0.5) is 5.82 Å². The Balaban J connectivity index is 0.00000220. The number of nitrogens with two attached hydrogens (primary N) is 1. The molecule has 0 aliphatic carbocycles. The van der Waals surface area contributed by atoms with Crippen LogP contribution < -0.4 is 16.0 Å². The van der Waals surface area contributed by atoms with Gasteiger partial charge < -0.3 is 20.7 Å². The Hall–Kier alpha value is -1.08. The van der Waals surface area contributed by atoms with Crippen molar-refractivity contribution in [3.63, 3.8) is 0 Å². The molecular formula is C14H24Cl2N4O2. The quantitative estimate of drug-likeness (QED) is 0.803. The van der Waals surface area contributed by atoms with Gasteiger partial charge in [0.05, 0.1) is 6.61 Å². The number of hydrogen-bond acceptors (Lipinski definition) is 5. The molecule has 0 spiro atoms. The van der Waals surface area contributed by atoms with Gasteiger partial charge in [0.2, 0.25) is 5.91 Å². The van der Waals surface area contributed by atoms with Gasteiger partial charge in [-0.05, 0) is 24.5 Å². The molecule has 1 unspecified atom stereocenters. The maximum atomic E-state index is 11.6. The average Bonchev–Trinajstić information content (AvgIpc) is 2.99. The molecule has 0 radical (unpaired) electrons. The second kappa shape index (κ2) is 10.6. The highest BCUT2D eigenvalue weighted by molar-refractivity contribution is 5.85. The molecule has 1 saturated heterocycles. The van der Waals surface area contributed by atoms with Gasteiger partial charge in [-0.3, -0.25) is 4.79 Å². The van der Waals surface area contributed by atoms with Crippen molar-refractivity contribution in [2.45, 2.75) is 25.4 Å². The van der Waals surface area contributed by atoms with Gasteiger partial charge >= 0.3 is 0 Å². The number of methoxy groups -OCH3 is 1. The molecule has 6 nitrogen and oxygen atoms in total. The first-order chi connectivity index (χ1) is 9.70. The van der Waals surface area contributed by atoms with Gasteiger partial charge in [0, 0.05) is 32.9 Å². The molecule has 1 atom stereocenters. The summed E-state index contributed by atoms with van der Waals surface area (Å²) in [6, 6.07) is 3.36. The van der Waals surface area contributed by atoms with E-state index in [-0.39, 0.29) is 37.3 Å². The summed E-state index contributed by atoms with van der Waals surface area (Å²) in [5.74, 6) is 0.795. The molecule has 1 fully saturated rings. The fourth-order valence-corrected chi connectivity index (χ4v) is 2.23. The lowest BCUT2D eigenvalue weighted by atomic mass is 10.2. The van der Waals surface area contributed by atoms with Crippen LogP contribution >= 0.6 is 24.8 Å². The molecule has 2 rings (SSSR count). The van der Waals surface area contributed by atoms with Crippen LogP contribution in [-0.2, 0) is 16.1 Å². The molecule has 0 saturated carbocycles. The minimum atomic E-state index is -0.628. The molecule has 0 aromatic carbocycles. The number of ether oxygens (including phenoxy) is 1. The zero-order valence-corrected chi connectivity index (χ0v) is 14.3. The van der Waals surface area contributed by atoms with Crippen molar-refractivity contribution in [1.29, 1.82) is 0 Å². The molecule has 1 aromatic rings. The van der Waals surface area contributed by atoms with Crippen LogP contribution in [0.25, 0.3) is 0 Å². The van der Waals surface area contributed by atoms with Crippen LogP contribution in [0.15, 0.2) is 18.3 Å². The van der Waals surface area contributed by atoms with E-state index in [0.29, 0.717) is 6.54 Å². The van der Waals surface area contributed by atoms with E-state index in [1.54, 1.807) is 6.20 Å². The largest absolute Gasteiger partial charge is 0.383 e. The summed E-state index contributed by atoms with van der Waals surface area (Å²) in [5.41, 5.74) is 6.60. The first-order valence-electron chi connectivity index (χ1n) is 6.93. The summed E-state index contributed by atoms with van der Waals surface area (Å²) in [7, 11) is 1.52. The predicted molar refractivity (Wildman–Crippen MR) is 91.9 cm³/mol. The Labute approximate surface area is 143 Å². The van der Waals surface area contributed by atoms with Crippen LogP contribution in [0.5, 0.6) is 0 Å². The van der Waals surface area contributed by atoms with E-state index in [0.717, 1.165) is 24.5 Å². The highest BCUT2D eigenvalue weighted by atomic mass is 35.5. The lowest BCUT2D eigenvalue weighted by Crippen LogP contribution is -2.43. The van der Waals surface area contributed by atoms with Crippen molar-refractivity contribution in [3.8, 4) is 0 Å². The van der Waals surface area contributed by atoms with Crippen molar-refractivity contribution < 1.29 is 9.53 Å². The van der Waals surface area contributed by atoms with Gasteiger partial charge in [-0.2, -0.15) is 0 Å². The van der Waals surface area contributed by atoms with Crippen molar-refractivity contribution in [1.82, 2.24) is 10.3 Å². The van der Waals surface area contributed by atoms with Gasteiger partial charge in [0.25, 0.3) is 0 Å². The number of pyridine rings is 1. The summed E-state index contributed by atoms with van der Waals surface area (Å²) in [5, 5.41) is 2.77. The number of hydrogen-bond donors (Lipinski definition) is 2. The van der Waals surface area contributed by atoms with Crippen molar-refractivity contribution in [3.05, 3.63) is 23.9 Å². The van der Waals surface area contributed by atoms with Crippen molar-refractivity contribution in [2.24, 2.45) is 5.73 Å². The lowest BCUT2D eigenvalue weighted by Gasteiger charge is -2.16. The summed E-state index contributed by atoms with van der Waals surface area (Å²) >= 11 is 0. The van der Waals surface area contributed by atoms with Crippen LogP contribution in [-0.4, -0.2) is 43.7 Å². The first-order valence-corrected chi connectivity index (χ1v) is 6.93. The van der Waals surface area contributed by atoms with Crippen LogP contribution in [0, 0.1) is 0 Å². The minimum Gasteiger partial charge on any atom is -0.383 e. The van der Waals surface area contributed by atoms with Gasteiger partial charge in [-0.1, -0.05) is 6.07 Å². The Kier molecular flexibility index (Phi) is 10.1. The van der Waals surface area contributed by atoms with E-state index >= 15 is 0 Å². The molecule has 1 aliphatic heterocycles. The van der Waals surface area contributed by atoms with E-state index in [4.69, 9.17) is 10.5 Å². The fourth-order valence-electron chi connectivity index (χ4n) is 2.23. The average molecular weight is 351 g/mol. The van der Waals surface area contributed by atoms with Gasteiger partial charge in [-0.15, -0.1) is 24.8 Å². The molecule has 2 heterocycles. The van der Waals surface area contributed by atoms with E-state index in [2.05, 4.69) is 15.2 Å². The van der Waals surface area contributed by atoms with E-state index in [9.17, 15) is 4.79 Å². The van der Waals surface area contributed by atoms with Crippen LogP contribution in [0.1, 0.15) is 18.4 Å². The Morgan fingerprint density at radius 3 is 2.64 bits per heavy atom. The molecule has 1 aromatic heterocycles.